The molecule has 1 saturated heterocycles. The zero-order valence-corrected chi connectivity index (χ0v) is 10.3. The van der Waals surface area contributed by atoms with Crippen LogP contribution in [0.25, 0.3) is 0 Å². The number of rotatable bonds is 2. The fourth-order valence-electron chi connectivity index (χ4n) is 1.97. The SMILES string of the molecule is O=C(N=C(NO)C1CCCNC1)c1ccc(F)nc1. The summed E-state index contributed by atoms with van der Waals surface area (Å²) < 4.78 is 12.7. The van der Waals surface area contributed by atoms with E-state index in [9.17, 15) is 9.18 Å². The van der Waals surface area contributed by atoms with Crippen LogP contribution < -0.4 is 10.8 Å². The third-order valence-corrected chi connectivity index (χ3v) is 2.99. The number of nitrogens with zero attached hydrogens (tertiary/aromatic N) is 2. The molecule has 19 heavy (non-hydrogen) atoms. The van der Waals surface area contributed by atoms with E-state index >= 15 is 0 Å². The van der Waals surface area contributed by atoms with Gasteiger partial charge in [-0.2, -0.15) is 9.38 Å². The van der Waals surface area contributed by atoms with E-state index in [0.717, 1.165) is 31.6 Å². The van der Waals surface area contributed by atoms with Gasteiger partial charge in [0.05, 0.1) is 5.56 Å². The normalized spacial score (nSPS) is 20.1. The van der Waals surface area contributed by atoms with Crippen molar-refractivity contribution >= 4 is 11.7 Å². The zero-order chi connectivity index (χ0) is 13.7. The molecule has 1 unspecified atom stereocenters. The number of amides is 1. The lowest BCUT2D eigenvalue weighted by molar-refractivity contribution is 0.0998. The van der Waals surface area contributed by atoms with Crippen molar-refractivity contribution < 1.29 is 14.4 Å². The Balaban J connectivity index is 2.12. The smallest absolute Gasteiger partial charge is 0.280 e. The van der Waals surface area contributed by atoms with E-state index in [4.69, 9.17) is 5.21 Å². The van der Waals surface area contributed by atoms with Crippen LogP contribution in [0.1, 0.15) is 23.2 Å². The first-order valence-corrected chi connectivity index (χ1v) is 6.06. The van der Waals surface area contributed by atoms with E-state index in [1.54, 1.807) is 0 Å². The molecule has 1 aromatic rings. The number of hydroxylamine groups is 1. The number of aliphatic imine (C=N–C) groups is 1. The molecular formula is C12H15FN4O2. The maximum absolute atomic E-state index is 12.7. The zero-order valence-electron chi connectivity index (χ0n) is 10.3. The first-order chi connectivity index (χ1) is 9.20. The number of hydrogen-bond acceptors (Lipinski definition) is 4. The topological polar surface area (TPSA) is 86.6 Å². The number of aromatic nitrogens is 1. The van der Waals surface area contributed by atoms with Crippen LogP contribution in [0, 0.1) is 11.9 Å². The Morgan fingerprint density at radius 2 is 2.42 bits per heavy atom. The monoisotopic (exact) mass is 266 g/mol. The van der Waals surface area contributed by atoms with Crippen molar-refractivity contribution in [1.82, 2.24) is 15.8 Å². The van der Waals surface area contributed by atoms with Crippen molar-refractivity contribution in [2.45, 2.75) is 12.8 Å². The van der Waals surface area contributed by atoms with Gasteiger partial charge in [0.15, 0.2) is 0 Å². The number of amidine groups is 1. The van der Waals surface area contributed by atoms with Gasteiger partial charge in [-0.1, -0.05) is 0 Å². The molecule has 2 heterocycles. The second kappa shape index (κ2) is 6.35. The molecule has 7 heteroatoms. The maximum atomic E-state index is 12.7. The van der Waals surface area contributed by atoms with Crippen molar-refractivity contribution in [2.24, 2.45) is 10.9 Å². The average molecular weight is 266 g/mol. The predicted molar refractivity (Wildman–Crippen MR) is 66.5 cm³/mol. The Labute approximate surface area is 109 Å². The van der Waals surface area contributed by atoms with Gasteiger partial charge in [-0.15, -0.1) is 0 Å². The van der Waals surface area contributed by atoms with Gasteiger partial charge in [0.25, 0.3) is 5.91 Å². The van der Waals surface area contributed by atoms with Crippen LogP contribution in [-0.4, -0.2) is 35.0 Å². The summed E-state index contributed by atoms with van der Waals surface area (Å²) in [7, 11) is 0. The Morgan fingerprint density at radius 1 is 1.58 bits per heavy atom. The molecule has 1 fully saturated rings. The second-order valence-electron chi connectivity index (χ2n) is 4.33. The van der Waals surface area contributed by atoms with Crippen molar-refractivity contribution in [2.75, 3.05) is 13.1 Å². The quantitative estimate of drug-likeness (QED) is 0.318. The number of carbonyl (C=O) groups excluding carboxylic acids is 1. The molecular weight excluding hydrogens is 251 g/mol. The van der Waals surface area contributed by atoms with Crippen LogP contribution in [-0.2, 0) is 0 Å². The van der Waals surface area contributed by atoms with E-state index in [1.165, 1.54) is 6.07 Å². The molecule has 0 aliphatic carbocycles. The highest BCUT2D eigenvalue weighted by Gasteiger charge is 2.20. The summed E-state index contributed by atoms with van der Waals surface area (Å²) in [5.41, 5.74) is 2.16. The maximum Gasteiger partial charge on any atom is 0.280 e. The summed E-state index contributed by atoms with van der Waals surface area (Å²) in [6.07, 6.45) is 2.92. The van der Waals surface area contributed by atoms with E-state index in [1.807, 2.05) is 5.48 Å². The number of piperidine rings is 1. The standard InChI is InChI=1S/C12H15FN4O2/c13-10-4-3-9(7-15-10)12(18)16-11(17-19)8-2-1-5-14-6-8/h3-4,7-8,14,19H,1-2,5-6H2,(H,16,17,18). The van der Waals surface area contributed by atoms with Crippen LogP contribution in [0.4, 0.5) is 4.39 Å². The van der Waals surface area contributed by atoms with Gasteiger partial charge in [0.2, 0.25) is 5.95 Å². The lowest BCUT2D eigenvalue weighted by Gasteiger charge is -2.23. The van der Waals surface area contributed by atoms with Crippen molar-refractivity contribution in [3.8, 4) is 0 Å². The first kappa shape index (κ1) is 13.6. The number of hydrogen-bond donors (Lipinski definition) is 3. The van der Waals surface area contributed by atoms with Crippen molar-refractivity contribution in [1.29, 1.82) is 0 Å². The van der Waals surface area contributed by atoms with Crippen LogP contribution >= 0.6 is 0 Å². The van der Waals surface area contributed by atoms with Crippen molar-refractivity contribution in [3.63, 3.8) is 0 Å². The van der Waals surface area contributed by atoms with Crippen LogP contribution in [0.2, 0.25) is 0 Å². The molecule has 6 nitrogen and oxygen atoms in total. The summed E-state index contributed by atoms with van der Waals surface area (Å²) in [6, 6.07) is 2.40. The summed E-state index contributed by atoms with van der Waals surface area (Å²) in [5.74, 6) is -1.02. The minimum absolute atomic E-state index is 0.0314. The molecule has 0 saturated carbocycles. The van der Waals surface area contributed by atoms with Crippen LogP contribution in [0.3, 0.4) is 0 Å². The Morgan fingerprint density at radius 3 is 3.00 bits per heavy atom. The minimum Gasteiger partial charge on any atom is -0.316 e. The molecule has 102 valence electrons. The number of halogens is 1. The molecule has 0 bridgehead atoms. The lowest BCUT2D eigenvalue weighted by Crippen LogP contribution is -2.40. The molecule has 1 aliphatic heterocycles. The Bertz CT molecular complexity index is 469. The summed E-state index contributed by atoms with van der Waals surface area (Å²) >= 11 is 0. The van der Waals surface area contributed by atoms with Crippen molar-refractivity contribution in [3.05, 3.63) is 29.8 Å². The molecule has 2 rings (SSSR count). The van der Waals surface area contributed by atoms with Gasteiger partial charge < -0.3 is 5.32 Å². The fourth-order valence-corrected chi connectivity index (χ4v) is 1.97. The van der Waals surface area contributed by atoms with E-state index in [-0.39, 0.29) is 17.3 Å². The van der Waals surface area contributed by atoms with Gasteiger partial charge >= 0.3 is 0 Å². The van der Waals surface area contributed by atoms with Gasteiger partial charge in [-0.05, 0) is 31.5 Å². The molecule has 1 aliphatic rings. The highest BCUT2D eigenvalue weighted by molar-refractivity contribution is 6.03. The van der Waals surface area contributed by atoms with Gasteiger partial charge in [0, 0.05) is 18.7 Å². The average Bonchev–Trinajstić information content (AvgIpc) is 2.46. The summed E-state index contributed by atoms with van der Waals surface area (Å²) in [4.78, 5) is 19.1. The molecule has 1 amide bonds. The third-order valence-electron chi connectivity index (χ3n) is 2.99. The van der Waals surface area contributed by atoms with Gasteiger partial charge in [-0.3, -0.25) is 15.5 Å². The van der Waals surface area contributed by atoms with Crippen LogP contribution in [0.5, 0.6) is 0 Å². The largest absolute Gasteiger partial charge is 0.316 e. The highest BCUT2D eigenvalue weighted by atomic mass is 19.1. The minimum atomic E-state index is -0.655. The van der Waals surface area contributed by atoms with Crippen LogP contribution in [0.15, 0.2) is 23.3 Å². The fraction of sp³-hybridized carbons (Fsp3) is 0.417. The predicted octanol–water partition coefficient (Wildman–Crippen LogP) is 0.738. The van der Waals surface area contributed by atoms with Gasteiger partial charge in [-0.25, -0.2) is 4.98 Å². The van der Waals surface area contributed by atoms with Gasteiger partial charge in [0.1, 0.15) is 5.84 Å². The Hall–Kier alpha value is -1.86. The molecule has 0 aromatic carbocycles. The third kappa shape index (κ3) is 3.55. The molecule has 0 spiro atoms. The van der Waals surface area contributed by atoms with E-state index in [0.29, 0.717) is 6.54 Å². The highest BCUT2D eigenvalue weighted by Crippen LogP contribution is 2.12. The number of carbonyl (C=O) groups is 1. The lowest BCUT2D eigenvalue weighted by atomic mass is 9.98. The molecule has 1 atom stereocenters. The molecule has 0 radical (unpaired) electrons. The molecule has 1 aromatic heterocycles. The Kier molecular flexibility index (Phi) is 4.53. The van der Waals surface area contributed by atoms with E-state index < -0.39 is 11.9 Å². The number of nitrogens with one attached hydrogen (secondary N) is 2. The summed E-state index contributed by atoms with van der Waals surface area (Å²) in [6.45, 7) is 1.58. The van der Waals surface area contributed by atoms with E-state index in [2.05, 4.69) is 15.3 Å². The first-order valence-electron chi connectivity index (χ1n) is 6.06. The summed E-state index contributed by atoms with van der Waals surface area (Å²) in [5, 5.41) is 12.2. The second-order valence-corrected chi connectivity index (χ2v) is 4.33. The number of pyridine rings is 1. The molecule has 3 N–H and O–H groups in total.